The molecule has 2 amide bonds. The first-order valence-electron chi connectivity index (χ1n) is 9.75. The standard InChI is InChI=1S/C22H26ClN3O3/c1-29-20-6-3-2-5-18(20)21(27)25-17-9-10-19(23)16(13-17)14-26(12-4-11-24)22(28)15-7-8-15/h2-3,5-6,9-10,13,15H,4,7-8,11-12,14,24H2,1H3,(H,25,27). The third-order valence-electron chi connectivity index (χ3n) is 4.89. The SMILES string of the molecule is COc1ccccc1C(=O)Nc1ccc(Cl)c(CN(CCCN)C(=O)C2CC2)c1. The van der Waals surface area contributed by atoms with Crippen LogP contribution in [0.4, 0.5) is 5.69 Å². The summed E-state index contributed by atoms with van der Waals surface area (Å²) in [5.41, 5.74) is 7.47. The van der Waals surface area contributed by atoms with Gasteiger partial charge in [0.2, 0.25) is 5.91 Å². The van der Waals surface area contributed by atoms with Crippen LogP contribution in [-0.4, -0.2) is 36.9 Å². The Kier molecular flexibility index (Phi) is 7.12. The summed E-state index contributed by atoms with van der Waals surface area (Å²) in [4.78, 5) is 27.1. The van der Waals surface area contributed by atoms with Crippen LogP contribution in [-0.2, 0) is 11.3 Å². The second kappa shape index (κ2) is 9.76. The van der Waals surface area contributed by atoms with Gasteiger partial charge in [0.05, 0.1) is 12.7 Å². The molecular weight excluding hydrogens is 390 g/mol. The van der Waals surface area contributed by atoms with Crippen LogP contribution in [0.15, 0.2) is 42.5 Å². The molecule has 1 aliphatic rings. The number of halogens is 1. The Balaban J connectivity index is 1.76. The van der Waals surface area contributed by atoms with Gasteiger partial charge in [-0.3, -0.25) is 9.59 Å². The zero-order valence-corrected chi connectivity index (χ0v) is 17.2. The maximum absolute atomic E-state index is 12.7. The summed E-state index contributed by atoms with van der Waals surface area (Å²) in [7, 11) is 1.53. The minimum atomic E-state index is -0.273. The predicted octanol–water partition coefficient (Wildman–Crippen LogP) is 3.69. The number of para-hydroxylation sites is 1. The van der Waals surface area contributed by atoms with Crippen molar-refractivity contribution in [2.24, 2.45) is 11.7 Å². The van der Waals surface area contributed by atoms with Crippen molar-refractivity contribution < 1.29 is 14.3 Å². The van der Waals surface area contributed by atoms with Gasteiger partial charge in [0.15, 0.2) is 0 Å². The van der Waals surface area contributed by atoms with Gasteiger partial charge >= 0.3 is 0 Å². The van der Waals surface area contributed by atoms with Crippen molar-refractivity contribution in [1.29, 1.82) is 0 Å². The number of hydrogen-bond acceptors (Lipinski definition) is 4. The van der Waals surface area contributed by atoms with Gasteiger partial charge in [-0.15, -0.1) is 0 Å². The molecular formula is C22H26ClN3O3. The Hall–Kier alpha value is -2.57. The molecule has 1 fully saturated rings. The van der Waals surface area contributed by atoms with Crippen LogP contribution in [0, 0.1) is 5.92 Å². The molecule has 0 saturated heterocycles. The number of nitrogens with one attached hydrogen (secondary N) is 1. The fraction of sp³-hybridized carbons (Fsp3) is 0.364. The molecule has 2 aromatic rings. The van der Waals surface area contributed by atoms with Crippen molar-refractivity contribution in [3.05, 3.63) is 58.6 Å². The van der Waals surface area contributed by atoms with Crippen molar-refractivity contribution in [3.8, 4) is 5.75 Å². The average Bonchev–Trinajstić information content (AvgIpc) is 3.58. The van der Waals surface area contributed by atoms with Gasteiger partial charge < -0.3 is 20.7 Å². The number of nitrogens with two attached hydrogens (primary N) is 1. The topological polar surface area (TPSA) is 84.7 Å². The van der Waals surface area contributed by atoms with Crippen LogP contribution in [0.3, 0.4) is 0 Å². The molecule has 2 aromatic carbocycles. The maximum Gasteiger partial charge on any atom is 0.259 e. The highest BCUT2D eigenvalue weighted by Crippen LogP contribution is 2.32. The molecule has 0 radical (unpaired) electrons. The first kappa shape index (κ1) is 21.1. The molecule has 3 rings (SSSR count). The molecule has 6 nitrogen and oxygen atoms in total. The van der Waals surface area contributed by atoms with Gasteiger partial charge in [-0.05, 0) is 61.7 Å². The monoisotopic (exact) mass is 415 g/mol. The Morgan fingerprint density at radius 1 is 1.24 bits per heavy atom. The van der Waals surface area contributed by atoms with E-state index in [9.17, 15) is 9.59 Å². The maximum atomic E-state index is 12.7. The van der Waals surface area contributed by atoms with Gasteiger partial charge in [0.25, 0.3) is 5.91 Å². The third-order valence-corrected chi connectivity index (χ3v) is 5.26. The van der Waals surface area contributed by atoms with E-state index >= 15 is 0 Å². The molecule has 1 aliphatic carbocycles. The molecule has 0 spiro atoms. The smallest absolute Gasteiger partial charge is 0.259 e. The van der Waals surface area contributed by atoms with Crippen molar-refractivity contribution in [3.63, 3.8) is 0 Å². The molecule has 0 aliphatic heterocycles. The summed E-state index contributed by atoms with van der Waals surface area (Å²) in [6.45, 7) is 1.52. The minimum absolute atomic E-state index is 0.125. The van der Waals surface area contributed by atoms with E-state index in [2.05, 4.69) is 5.32 Å². The second-order valence-electron chi connectivity index (χ2n) is 7.14. The number of ether oxygens (including phenoxy) is 1. The minimum Gasteiger partial charge on any atom is -0.496 e. The van der Waals surface area contributed by atoms with Crippen LogP contribution >= 0.6 is 11.6 Å². The number of hydrogen-bond donors (Lipinski definition) is 2. The lowest BCUT2D eigenvalue weighted by Crippen LogP contribution is -2.33. The number of amides is 2. The number of methoxy groups -OCH3 is 1. The van der Waals surface area contributed by atoms with E-state index in [1.165, 1.54) is 7.11 Å². The quantitative estimate of drug-likeness (QED) is 0.654. The molecule has 0 bridgehead atoms. The highest BCUT2D eigenvalue weighted by molar-refractivity contribution is 6.31. The number of carbonyl (C=O) groups excluding carboxylic acids is 2. The lowest BCUT2D eigenvalue weighted by Gasteiger charge is -2.23. The lowest BCUT2D eigenvalue weighted by molar-refractivity contribution is -0.133. The molecule has 154 valence electrons. The van der Waals surface area contributed by atoms with Crippen molar-refractivity contribution >= 4 is 29.1 Å². The van der Waals surface area contributed by atoms with Gasteiger partial charge in [-0.2, -0.15) is 0 Å². The normalized spacial score (nSPS) is 13.1. The summed E-state index contributed by atoms with van der Waals surface area (Å²) in [6.07, 6.45) is 2.63. The number of benzene rings is 2. The summed E-state index contributed by atoms with van der Waals surface area (Å²) < 4.78 is 5.26. The number of nitrogens with zero attached hydrogens (tertiary/aromatic N) is 1. The zero-order valence-electron chi connectivity index (χ0n) is 16.5. The molecule has 29 heavy (non-hydrogen) atoms. The van der Waals surface area contributed by atoms with E-state index in [1.54, 1.807) is 30.3 Å². The summed E-state index contributed by atoms with van der Waals surface area (Å²) in [5.74, 6) is 0.505. The van der Waals surface area contributed by atoms with E-state index in [4.69, 9.17) is 22.1 Å². The predicted molar refractivity (Wildman–Crippen MR) is 114 cm³/mol. The van der Waals surface area contributed by atoms with Gasteiger partial charge in [-0.25, -0.2) is 0 Å². The van der Waals surface area contributed by atoms with E-state index in [-0.39, 0.29) is 17.7 Å². The van der Waals surface area contributed by atoms with E-state index in [1.807, 2.05) is 17.0 Å². The molecule has 7 heteroatoms. The number of carbonyl (C=O) groups is 2. The van der Waals surface area contributed by atoms with E-state index < -0.39 is 0 Å². The first-order valence-corrected chi connectivity index (χ1v) is 10.1. The lowest BCUT2D eigenvalue weighted by atomic mass is 10.1. The molecule has 3 N–H and O–H groups in total. The van der Waals surface area contributed by atoms with Crippen LogP contribution in [0.25, 0.3) is 0 Å². The van der Waals surface area contributed by atoms with Gasteiger partial charge in [0.1, 0.15) is 5.75 Å². The highest BCUT2D eigenvalue weighted by Gasteiger charge is 2.33. The molecule has 0 heterocycles. The van der Waals surface area contributed by atoms with E-state index in [0.29, 0.717) is 41.7 Å². The zero-order chi connectivity index (χ0) is 20.8. The molecule has 0 atom stereocenters. The van der Waals surface area contributed by atoms with Crippen molar-refractivity contribution in [2.75, 3.05) is 25.5 Å². The average molecular weight is 416 g/mol. The van der Waals surface area contributed by atoms with Crippen LogP contribution < -0.4 is 15.8 Å². The number of rotatable bonds is 9. The van der Waals surface area contributed by atoms with Crippen LogP contribution in [0.5, 0.6) is 5.75 Å². The van der Waals surface area contributed by atoms with Crippen molar-refractivity contribution in [1.82, 2.24) is 4.90 Å². The van der Waals surface area contributed by atoms with Crippen LogP contribution in [0.1, 0.15) is 35.2 Å². The fourth-order valence-electron chi connectivity index (χ4n) is 3.15. The fourth-order valence-corrected chi connectivity index (χ4v) is 3.33. The first-order chi connectivity index (χ1) is 14.0. The largest absolute Gasteiger partial charge is 0.496 e. The highest BCUT2D eigenvalue weighted by atomic mass is 35.5. The Morgan fingerprint density at radius 2 is 2.00 bits per heavy atom. The van der Waals surface area contributed by atoms with Crippen LogP contribution in [0.2, 0.25) is 5.02 Å². The molecule has 0 unspecified atom stereocenters. The van der Waals surface area contributed by atoms with Gasteiger partial charge in [0, 0.05) is 29.7 Å². The van der Waals surface area contributed by atoms with E-state index in [0.717, 1.165) is 24.8 Å². The summed E-state index contributed by atoms with van der Waals surface area (Å²) >= 11 is 6.38. The van der Waals surface area contributed by atoms with Crippen molar-refractivity contribution in [2.45, 2.75) is 25.8 Å². The Labute approximate surface area is 176 Å². The van der Waals surface area contributed by atoms with Gasteiger partial charge in [-0.1, -0.05) is 23.7 Å². The molecule has 1 saturated carbocycles. The molecule has 0 aromatic heterocycles. The Bertz CT molecular complexity index is 883. The Morgan fingerprint density at radius 3 is 2.69 bits per heavy atom. The summed E-state index contributed by atoms with van der Waals surface area (Å²) in [5, 5.41) is 3.44. The second-order valence-corrected chi connectivity index (χ2v) is 7.54. The summed E-state index contributed by atoms with van der Waals surface area (Å²) in [6, 6.07) is 12.3. The number of anilines is 1. The third kappa shape index (κ3) is 5.49.